The van der Waals surface area contributed by atoms with Gasteiger partial charge in [0.05, 0.1) is 4.88 Å². The van der Waals surface area contributed by atoms with Crippen molar-refractivity contribution in [3.05, 3.63) is 62.3 Å². The Morgan fingerprint density at radius 2 is 2.04 bits per heavy atom. The molecule has 0 saturated carbocycles. The Balaban J connectivity index is 1.89. The lowest BCUT2D eigenvalue weighted by molar-refractivity contribution is -0.117. The van der Waals surface area contributed by atoms with Crippen molar-refractivity contribution in [2.75, 3.05) is 0 Å². The molecule has 0 bridgehead atoms. The summed E-state index contributed by atoms with van der Waals surface area (Å²) in [5.74, 6) is -0.732. The Kier molecular flexibility index (Phi) is 5.96. The van der Waals surface area contributed by atoms with Gasteiger partial charge in [-0.25, -0.2) is 0 Å². The first-order valence-corrected chi connectivity index (χ1v) is 8.32. The van der Waals surface area contributed by atoms with Crippen LogP contribution in [0.4, 0.5) is 0 Å². The molecule has 1 heterocycles. The standard InChI is InChI=1S/C17H17ClN2O2S/c1-3-14-11(2)9-15(23-14)17(22)20-19-16(21)8-7-12-5-4-6-13(18)10-12/h4-10H,3H2,1-2H3,(H,19,21)(H,20,22)/b8-7+. The second-order valence-corrected chi connectivity index (χ2v) is 6.48. The van der Waals surface area contributed by atoms with E-state index < -0.39 is 5.91 Å². The molecule has 0 unspecified atom stereocenters. The van der Waals surface area contributed by atoms with E-state index in [1.54, 1.807) is 24.3 Å². The average Bonchev–Trinajstić information content (AvgIpc) is 2.91. The van der Waals surface area contributed by atoms with E-state index in [9.17, 15) is 9.59 Å². The molecular weight excluding hydrogens is 332 g/mol. The zero-order chi connectivity index (χ0) is 16.8. The zero-order valence-electron chi connectivity index (χ0n) is 12.9. The maximum absolute atomic E-state index is 12.0. The van der Waals surface area contributed by atoms with Gasteiger partial charge in [0, 0.05) is 16.0 Å². The van der Waals surface area contributed by atoms with Crippen LogP contribution in [0.3, 0.4) is 0 Å². The number of aryl methyl sites for hydroxylation is 2. The summed E-state index contributed by atoms with van der Waals surface area (Å²) >= 11 is 7.30. The van der Waals surface area contributed by atoms with Gasteiger partial charge in [0.2, 0.25) is 0 Å². The van der Waals surface area contributed by atoms with E-state index in [0.717, 1.165) is 17.5 Å². The van der Waals surface area contributed by atoms with E-state index in [4.69, 9.17) is 11.6 Å². The molecule has 1 aromatic heterocycles. The second kappa shape index (κ2) is 7.94. The molecule has 0 aliphatic heterocycles. The quantitative estimate of drug-likeness (QED) is 0.653. The van der Waals surface area contributed by atoms with Crippen molar-refractivity contribution in [3.8, 4) is 0 Å². The number of carbonyl (C=O) groups is 2. The molecule has 0 radical (unpaired) electrons. The van der Waals surface area contributed by atoms with Crippen LogP contribution in [-0.2, 0) is 11.2 Å². The highest BCUT2D eigenvalue weighted by Crippen LogP contribution is 2.21. The largest absolute Gasteiger partial charge is 0.279 e. The molecule has 120 valence electrons. The van der Waals surface area contributed by atoms with Gasteiger partial charge in [-0.2, -0.15) is 0 Å². The summed E-state index contributed by atoms with van der Waals surface area (Å²) in [6, 6.07) is 8.95. The third-order valence-corrected chi connectivity index (χ3v) is 4.76. The fraction of sp³-hybridized carbons (Fsp3) is 0.176. The van der Waals surface area contributed by atoms with Crippen molar-refractivity contribution < 1.29 is 9.59 Å². The fourth-order valence-corrected chi connectivity index (χ4v) is 3.19. The predicted molar refractivity (Wildman–Crippen MR) is 94.5 cm³/mol. The SMILES string of the molecule is CCc1sc(C(=O)NNC(=O)/C=C/c2cccc(Cl)c2)cc1C. The fourth-order valence-electron chi connectivity index (χ4n) is 1.99. The van der Waals surface area contributed by atoms with Crippen molar-refractivity contribution >= 4 is 40.8 Å². The summed E-state index contributed by atoms with van der Waals surface area (Å²) in [7, 11) is 0. The molecule has 1 aromatic carbocycles. The number of nitrogens with one attached hydrogen (secondary N) is 2. The first-order chi connectivity index (χ1) is 11.0. The number of hydrogen-bond acceptors (Lipinski definition) is 3. The Labute approximate surface area is 144 Å². The van der Waals surface area contributed by atoms with Crippen LogP contribution >= 0.6 is 22.9 Å². The van der Waals surface area contributed by atoms with Gasteiger partial charge >= 0.3 is 0 Å². The Hall–Kier alpha value is -2.11. The molecule has 0 saturated heterocycles. The third-order valence-electron chi connectivity index (χ3n) is 3.14. The minimum Gasteiger partial charge on any atom is -0.268 e. The number of benzene rings is 1. The van der Waals surface area contributed by atoms with Gasteiger partial charge in [0.25, 0.3) is 11.8 Å². The van der Waals surface area contributed by atoms with Crippen LogP contribution < -0.4 is 10.9 Å². The molecule has 2 N–H and O–H groups in total. The number of carbonyl (C=O) groups excluding carboxylic acids is 2. The van der Waals surface area contributed by atoms with E-state index in [0.29, 0.717) is 9.90 Å². The lowest BCUT2D eigenvalue weighted by atomic mass is 10.2. The van der Waals surface area contributed by atoms with Crippen LogP contribution in [0.15, 0.2) is 36.4 Å². The van der Waals surface area contributed by atoms with Gasteiger partial charge < -0.3 is 0 Å². The van der Waals surface area contributed by atoms with E-state index in [2.05, 4.69) is 10.9 Å². The van der Waals surface area contributed by atoms with E-state index in [1.807, 2.05) is 26.0 Å². The molecule has 6 heteroatoms. The molecule has 2 amide bonds. The van der Waals surface area contributed by atoms with Crippen LogP contribution in [0.5, 0.6) is 0 Å². The smallest absolute Gasteiger partial charge is 0.268 e. The van der Waals surface area contributed by atoms with Crippen molar-refractivity contribution in [1.82, 2.24) is 10.9 Å². The molecule has 0 aliphatic rings. The highest BCUT2D eigenvalue weighted by molar-refractivity contribution is 7.14. The summed E-state index contributed by atoms with van der Waals surface area (Å²) in [6.45, 7) is 4.02. The van der Waals surface area contributed by atoms with Gasteiger partial charge in [0.1, 0.15) is 0 Å². The number of hydrazine groups is 1. The van der Waals surface area contributed by atoms with Crippen molar-refractivity contribution in [3.63, 3.8) is 0 Å². The van der Waals surface area contributed by atoms with Gasteiger partial charge in [-0.1, -0.05) is 30.7 Å². The van der Waals surface area contributed by atoms with Crippen LogP contribution in [0, 0.1) is 6.92 Å². The lowest BCUT2D eigenvalue weighted by Crippen LogP contribution is -2.40. The maximum atomic E-state index is 12.0. The summed E-state index contributed by atoms with van der Waals surface area (Å²) in [4.78, 5) is 25.5. The number of rotatable bonds is 4. The highest BCUT2D eigenvalue weighted by Gasteiger charge is 2.11. The average molecular weight is 349 g/mol. The highest BCUT2D eigenvalue weighted by atomic mass is 35.5. The van der Waals surface area contributed by atoms with Gasteiger partial charge in [0.15, 0.2) is 0 Å². The Bertz CT molecular complexity index is 753. The Morgan fingerprint density at radius 3 is 2.70 bits per heavy atom. The lowest BCUT2D eigenvalue weighted by Gasteiger charge is -2.03. The van der Waals surface area contributed by atoms with Crippen LogP contribution in [0.2, 0.25) is 5.02 Å². The van der Waals surface area contributed by atoms with Crippen LogP contribution in [0.1, 0.15) is 32.6 Å². The van der Waals surface area contributed by atoms with Crippen LogP contribution in [-0.4, -0.2) is 11.8 Å². The van der Waals surface area contributed by atoms with E-state index in [1.165, 1.54) is 22.3 Å². The number of thiophene rings is 1. The molecule has 0 atom stereocenters. The molecule has 23 heavy (non-hydrogen) atoms. The van der Waals surface area contributed by atoms with Gasteiger partial charge in [-0.3, -0.25) is 20.4 Å². The first kappa shape index (κ1) is 17.2. The molecule has 0 spiro atoms. The van der Waals surface area contributed by atoms with Gasteiger partial charge in [-0.15, -0.1) is 11.3 Å². The number of halogens is 1. The summed E-state index contributed by atoms with van der Waals surface area (Å²) in [5.41, 5.74) is 6.66. The molecule has 4 nitrogen and oxygen atoms in total. The van der Waals surface area contributed by atoms with E-state index in [-0.39, 0.29) is 5.91 Å². The Morgan fingerprint density at radius 1 is 1.26 bits per heavy atom. The monoisotopic (exact) mass is 348 g/mol. The third kappa shape index (κ3) is 4.94. The number of amides is 2. The molecule has 2 aromatic rings. The predicted octanol–water partition coefficient (Wildman–Crippen LogP) is 3.75. The summed E-state index contributed by atoms with van der Waals surface area (Å²) < 4.78 is 0. The minimum absolute atomic E-state index is 0.317. The normalized spacial score (nSPS) is 10.7. The van der Waals surface area contributed by atoms with Crippen molar-refractivity contribution in [2.45, 2.75) is 20.3 Å². The summed E-state index contributed by atoms with van der Waals surface area (Å²) in [6.07, 6.45) is 3.85. The van der Waals surface area contributed by atoms with Crippen molar-refractivity contribution in [1.29, 1.82) is 0 Å². The zero-order valence-corrected chi connectivity index (χ0v) is 14.4. The maximum Gasteiger partial charge on any atom is 0.279 e. The van der Waals surface area contributed by atoms with Gasteiger partial charge in [-0.05, 0) is 48.7 Å². The minimum atomic E-state index is -0.415. The van der Waals surface area contributed by atoms with Crippen molar-refractivity contribution in [2.24, 2.45) is 0 Å². The molecule has 0 fully saturated rings. The second-order valence-electron chi connectivity index (χ2n) is 4.90. The molecule has 0 aliphatic carbocycles. The van der Waals surface area contributed by atoms with Crippen LogP contribution in [0.25, 0.3) is 6.08 Å². The first-order valence-electron chi connectivity index (χ1n) is 7.13. The van der Waals surface area contributed by atoms with E-state index >= 15 is 0 Å². The summed E-state index contributed by atoms with van der Waals surface area (Å²) in [5, 5.41) is 0.598. The molecule has 2 rings (SSSR count). The topological polar surface area (TPSA) is 58.2 Å². The molecular formula is C17H17ClN2O2S. The number of hydrogen-bond donors (Lipinski definition) is 2.